The van der Waals surface area contributed by atoms with Crippen molar-refractivity contribution < 1.29 is 9.53 Å². The Morgan fingerprint density at radius 3 is 3.00 bits per heavy atom. The predicted molar refractivity (Wildman–Crippen MR) is 67.4 cm³/mol. The lowest BCUT2D eigenvalue weighted by atomic mass is 10.00. The van der Waals surface area contributed by atoms with Gasteiger partial charge in [-0.25, -0.2) is 0 Å². The van der Waals surface area contributed by atoms with Crippen LogP contribution in [-0.4, -0.2) is 31.6 Å². The van der Waals surface area contributed by atoms with Gasteiger partial charge in [0, 0.05) is 19.2 Å². The maximum absolute atomic E-state index is 12.3. The van der Waals surface area contributed by atoms with Gasteiger partial charge in [-0.3, -0.25) is 4.79 Å². The molecule has 0 saturated carbocycles. The van der Waals surface area contributed by atoms with Crippen LogP contribution in [-0.2, 0) is 11.2 Å². The molecule has 1 saturated heterocycles. The summed E-state index contributed by atoms with van der Waals surface area (Å²) in [7, 11) is 1.69. The van der Waals surface area contributed by atoms with Crippen LogP contribution in [0.3, 0.4) is 0 Å². The number of benzene rings is 1. The molecule has 0 aromatic heterocycles. The van der Waals surface area contributed by atoms with Crippen LogP contribution in [0.1, 0.15) is 29.3 Å². The molecule has 3 nitrogen and oxygen atoms in total. The van der Waals surface area contributed by atoms with Crippen LogP contribution in [0.15, 0.2) is 24.3 Å². The summed E-state index contributed by atoms with van der Waals surface area (Å²) in [5, 5.41) is 3.22. The van der Waals surface area contributed by atoms with Gasteiger partial charge >= 0.3 is 0 Å². The highest BCUT2D eigenvalue weighted by Gasteiger charge is 2.29. The van der Waals surface area contributed by atoms with Crippen molar-refractivity contribution in [2.45, 2.75) is 31.9 Å². The SMILES string of the molecule is CCc1cccc(C(=O)C2CC(OC)CN2)c1. The molecule has 1 aromatic carbocycles. The average molecular weight is 233 g/mol. The third kappa shape index (κ3) is 2.73. The van der Waals surface area contributed by atoms with Gasteiger partial charge in [0.25, 0.3) is 0 Å². The first-order valence-corrected chi connectivity index (χ1v) is 6.14. The van der Waals surface area contributed by atoms with E-state index in [9.17, 15) is 4.79 Å². The van der Waals surface area contributed by atoms with E-state index in [1.54, 1.807) is 7.11 Å². The highest BCUT2D eigenvalue weighted by molar-refractivity contribution is 6.00. The fourth-order valence-corrected chi connectivity index (χ4v) is 2.23. The minimum absolute atomic E-state index is 0.0907. The van der Waals surface area contributed by atoms with Crippen molar-refractivity contribution >= 4 is 5.78 Å². The Bertz CT molecular complexity index is 403. The molecule has 1 heterocycles. The summed E-state index contributed by atoms with van der Waals surface area (Å²) < 4.78 is 5.26. The van der Waals surface area contributed by atoms with E-state index in [1.807, 2.05) is 18.2 Å². The first-order valence-electron chi connectivity index (χ1n) is 6.14. The van der Waals surface area contributed by atoms with Crippen LogP contribution in [0.25, 0.3) is 0 Å². The molecule has 0 amide bonds. The van der Waals surface area contributed by atoms with Gasteiger partial charge in [0.2, 0.25) is 0 Å². The molecule has 17 heavy (non-hydrogen) atoms. The normalized spacial score (nSPS) is 23.9. The van der Waals surface area contributed by atoms with Crippen LogP contribution in [0.4, 0.5) is 0 Å². The molecule has 2 atom stereocenters. The smallest absolute Gasteiger partial charge is 0.179 e. The number of carbonyl (C=O) groups excluding carboxylic acids is 1. The summed E-state index contributed by atoms with van der Waals surface area (Å²) in [6, 6.07) is 7.80. The largest absolute Gasteiger partial charge is 0.380 e. The van der Waals surface area contributed by atoms with Crippen molar-refractivity contribution in [3.8, 4) is 0 Å². The van der Waals surface area contributed by atoms with Gasteiger partial charge in [-0.2, -0.15) is 0 Å². The van der Waals surface area contributed by atoms with Gasteiger partial charge in [-0.05, 0) is 24.5 Å². The number of methoxy groups -OCH3 is 1. The zero-order chi connectivity index (χ0) is 12.3. The molecule has 3 heteroatoms. The Hall–Kier alpha value is -1.19. The van der Waals surface area contributed by atoms with E-state index in [0.29, 0.717) is 0 Å². The van der Waals surface area contributed by atoms with Gasteiger partial charge < -0.3 is 10.1 Å². The minimum Gasteiger partial charge on any atom is -0.380 e. The van der Waals surface area contributed by atoms with Gasteiger partial charge in [0.1, 0.15) is 0 Å². The molecular formula is C14H19NO2. The van der Waals surface area contributed by atoms with Gasteiger partial charge in [-0.1, -0.05) is 25.1 Å². The van der Waals surface area contributed by atoms with Crippen molar-refractivity contribution in [3.63, 3.8) is 0 Å². The molecule has 0 aliphatic carbocycles. The van der Waals surface area contributed by atoms with E-state index < -0.39 is 0 Å². The van der Waals surface area contributed by atoms with Crippen molar-refractivity contribution in [2.24, 2.45) is 0 Å². The highest BCUT2D eigenvalue weighted by atomic mass is 16.5. The van der Waals surface area contributed by atoms with Crippen molar-refractivity contribution in [3.05, 3.63) is 35.4 Å². The Balaban J connectivity index is 2.09. The maximum atomic E-state index is 12.3. The summed E-state index contributed by atoms with van der Waals surface area (Å²) >= 11 is 0. The fraction of sp³-hybridized carbons (Fsp3) is 0.500. The molecule has 1 fully saturated rings. The van der Waals surface area contributed by atoms with E-state index >= 15 is 0 Å². The van der Waals surface area contributed by atoms with E-state index in [4.69, 9.17) is 4.74 Å². The Kier molecular flexibility index (Phi) is 3.92. The maximum Gasteiger partial charge on any atom is 0.179 e. The predicted octanol–water partition coefficient (Wildman–Crippen LogP) is 1.81. The summed E-state index contributed by atoms with van der Waals surface area (Å²) in [6.07, 6.45) is 1.89. The van der Waals surface area contributed by atoms with Crippen LogP contribution >= 0.6 is 0 Å². The Labute approximate surface area is 102 Å². The second kappa shape index (κ2) is 5.43. The van der Waals surface area contributed by atoms with Crippen molar-refractivity contribution in [1.82, 2.24) is 5.32 Å². The van der Waals surface area contributed by atoms with Gasteiger partial charge in [0.15, 0.2) is 5.78 Å². The van der Waals surface area contributed by atoms with E-state index in [-0.39, 0.29) is 17.9 Å². The molecule has 1 N–H and O–H groups in total. The molecule has 2 unspecified atom stereocenters. The minimum atomic E-state index is -0.0907. The first-order chi connectivity index (χ1) is 8.24. The van der Waals surface area contributed by atoms with Crippen molar-refractivity contribution in [1.29, 1.82) is 0 Å². The number of carbonyl (C=O) groups is 1. The molecule has 1 aromatic rings. The molecule has 1 aliphatic heterocycles. The summed E-state index contributed by atoms with van der Waals surface area (Å²) in [5.74, 6) is 0.180. The standard InChI is InChI=1S/C14H19NO2/c1-3-10-5-4-6-11(7-10)14(16)13-8-12(17-2)9-15-13/h4-7,12-13,15H,3,8-9H2,1-2H3. The van der Waals surface area contributed by atoms with E-state index in [1.165, 1.54) is 5.56 Å². The lowest BCUT2D eigenvalue weighted by Gasteiger charge is -2.10. The van der Waals surface area contributed by atoms with E-state index in [0.717, 1.165) is 24.9 Å². The lowest BCUT2D eigenvalue weighted by Crippen LogP contribution is -2.30. The number of ketones is 1. The number of hydrogen-bond acceptors (Lipinski definition) is 3. The van der Waals surface area contributed by atoms with Crippen LogP contribution in [0.5, 0.6) is 0 Å². The topological polar surface area (TPSA) is 38.3 Å². The first kappa shape index (κ1) is 12.3. The van der Waals surface area contributed by atoms with Crippen molar-refractivity contribution in [2.75, 3.05) is 13.7 Å². The monoisotopic (exact) mass is 233 g/mol. The molecule has 0 radical (unpaired) electrons. The summed E-state index contributed by atoms with van der Waals surface area (Å²) in [5.41, 5.74) is 2.01. The molecule has 0 bridgehead atoms. The summed E-state index contributed by atoms with van der Waals surface area (Å²) in [6.45, 7) is 2.86. The molecule has 1 aliphatic rings. The number of aryl methyl sites for hydroxylation is 1. The molecule has 0 spiro atoms. The quantitative estimate of drug-likeness (QED) is 0.806. The number of nitrogens with one attached hydrogen (secondary N) is 1. The number of Topliss-reactive ketones (excluding diaryl/α,β-unsaturated/α-hetero) is 1. The summed E-state index contributed by atoms with van der Waals surface area (Å²) in [4.78, 5) is 12.3. The zero-order valence-electron chi connectivity index (χ0n) is 10.4. The highest BCUT2D eigenvalue weighted by Crippen LogP contribution is 2.16. The molecule has 2 rings (SSSR count). The average Bonchev–Trinajstić information content (AvgIpc) is 2.86. The van der Waals surface area contributed by atoms with Crippen LogP contribution < -0.4 is 5.32 Å². The fourth-order valence-electron chi connectivity index (χ4n) is 2.23. The number of hydrogen-bond donors (Lipinski definition) is 1. The number of rotatable bonds is 4. The van der Waals surface area contributed by atoms with Crippen LogP contribution in [0, 0.1) is 0 Å². The van der Waals surface area contributed by atoms with Gasteiger partial charge in [-0.15, -0.1) is 0 Å². The molecular weight excluding hydrogens is 214 g/mol. The zero-order valence-corrected chi connectivity index (χ0v) is 10.4. The van der Waals surface area contributed by atoms with E-state index in [2.05, 4.69) is 18.3 Å². The second-order valence-corrected chi connectivity index (χ2v) is 4.47. The third-order valence-electron chi connectivity index (χ3n) is 3.36. The van der Waals surface area contributed by atoms with Gasteiger partial charge in [0.05, 0.1) is 12.1 Å². The number of ether oxygens (including phenoxy) is 1. The Morgan fingerprint density at radius 2 is 2.35 bits per heavy atom. The second-order valence-electron chi connectivity index (χ2n) is 4.47. The lowest BCUT2D eigenvalue weighted by molar-refractivity contribution is 0.0918. The molecule has 92 valence electrons. The Morgan fingerprint density at radius 1 is 1.53 bits per heavy atom. The third-order valence-corrected chi connectivity index (χ3v) is 3.36. The van der Waals surface area contributed by atoms with Crippen LogP contribution in [0.2, 0.25) is 0 Å².